The minimum absolute atomic E-state index is 0.526. The van der Waals surface area contributed by atoms with Gasteiger partial charge in [-0.2, -0.15) is 11.8 Å². The molecule has 2 aliphatic rings. The summed E-state index contributed by atoms with van der Waals surface area (Å²) in [5.41, 5.74) is -0.0147. The van der Waals surface area contributed by atoms with Gasteiger partial charge in [-0.3, -0.25) is 4.90 Å². The topological polar surface area (TPSA) is 71.0 Å². The zero-order valence-electron chi connectivity index (χ0n) is 15.3. The van der Waals surface area contributed by atoms with Gasteiger partial charge in [0.25, 0.3) is 0 Å². The molecule has 0 aromatic heterocycles. The molecule has 0 bridgehead atoms. The molecule has 2 fully saturated rings. The average Bonchev–Trinajstić information content (AvgIpc) is 2.92. The number of carboxylic acids is 1. The molecule has 2 N–H and O–H groups in total. The maximum atomic E-state index is 11.8. The van der Waals surface area contributed by atoms with Crippen molar-refractivity contribution in [3.63, 3.8) is 0 Å². The van der Waals surface area contributed by atoms with Crippen molar-refractivity contribution in [3.05, 3.63) is 23.8 Å². The van der Waals surface area contributed by atoms with Crippen LogP contribution >= 0.6 is 11.8 Å². The van der Waals surface area contributed by atoms with E-state index in [9.17, 15) is 9.90 Å². The van der Waals surface area contributed by atoms with Crippen LogP contribution in [0.25, 0.3) is 0 Å². The van der Waals surface area contributed by atoms with E-state index in [1.165, 1.54) is 0 Å². The minimum Gasteiger partial charge on any atom is -0.496 e. The van der Waals surface area contributed by atoms with Gasteiger partial charge in [0, 0.05) is 44.1 Å². The van der Waals surface area contributed by atoms with Crippen molar-refractivity contribution in [1.29, 1.82) is 0 Å². The lowest BCUT2D eigenvalue weighted by atomic mass is 9.96. The maximum absolute atomic E-state index is 11.8. The van der Waals surface area contributed by atoms with Gasteiger partial charge in [-0.05, 0) is 37.1 Å². The molecule has 0 amide bonds. The van der Waals surface area contributed by atoms with Crippen LogP contribution in [0.2, 0.25) is 0 Å². The zero-order valence-corrected chi connectivity index (χ0v) is 16.1. The van der Waals surface area contributed by atoms with Gasteiger partial charge in [-0.15, -0.1) is 0 Å². The van der Waals surface area contributed by atoms with Crippen LogP contribution in [0.15, 0.2) is 18.2 Å². The first-order chi connectivity index (χ1) is 12.6. The van der Waals surface area contributed by atoms with Gasteiger partial charge >= 0.3 is 5.97 Å². The third-order valence-electron chi connectivity index (χ3n) is 5.09. The van der Waals surface area contributed by atoms with E-state index in [1.54, 1.807) is 18.9 Å². The molecule has 6 nitrogen and oxygen atoms in total. The lowest BCUT2D eigenvalue weighted by molar-refractivity contribution is -0.156. The van der Waals surface area contributed by atoms with Crippen LogP contribution in [-0.2, 0) is 11.3 Å². The quantitative estimate of drug-likeness (QED) is 0.784. The molecule has 0 aliphatic carbocycles. The van der Waals surface area contributed by atoms with Crippen molar-refractivity contribution in [2.24, 2.45) is 0 Å². The van der Waals surface area contributed by atoms with Gasteiger partial charge in [0.15, 0.2) is 0 Å². The first-order valence-corrected chi connectivity index (χ1v) is 10.4. The van der Waals surface area contributed by atoms with E-state index in [0.29, 0.717) is 18.6 Å². The fourth-order valence-corrected chi connectivity index (χ4v) is 4.66. The smallest absolute Gasteiger partial charge is 0.348 e. The predicted molar refractivity (Wildman–Crippen MR) is 103 cm³/mol. The molecule has 2 saturated heterocycles. The molecular weight excluding hydrogens is 352 g/mol. The summed E-state index contributed by atoms with van der Waals surface area (Å²) in [5, 5.41) is 13.1. The number of methoxy groups -OCH3 is 1. The highest BCUT2D eigenvalue weighted by Gasteiger charge is 2.42. The summed E-state index contributed by atoms with van der Waals surface area (Å²) in [5.74, 6) is 2.07. The largest absolute Gasteiger partial charge is 0.496 e. The Kier molecular flexibility index (Phi) is 6.67. The van der Waals surface area contributed by atoms with Crippen LogP contribution in [0, 0.1) is 0 Å². The Morgan fingerprint density at radius 1 is 1.31 bits per heavy atom. The molecule has 144 valence electrons. The Morgan fingerprint density at radius 3 is 2.85 bits per heavy atom. The second kappa shape index (κ2) is 8.97. The van der Waals surface area contributed by atoms with E-state index in [-0.39, 0.29) is 0 Å². The van der Waals surface area contributed by atoms with Crippen LogP contribution in [0.4, 0.5) is 0 Å². The van der Waals surface area contributed by atoms with Gasteiger partial charge in [0.1, 0.15) is 11.5 Å². The minimum atomic E-state index is -1.12. The molecule has 1 aromatic rings. The monoisotopic (exact) mass is 380 g/mol. The fraction of sp³-hybridized carbons (Fsp3) is 0.632. The molecule has 0 saturated carbocycles. The molecule has 0 spiro atoms. The van der Waals surface area contributed by atoms with Crippen LogP contribution in [0.3, 0.4) is 0 Å². The second-order valence-corrected chi connectivity index (χ2v) is 8.09. The summed E-state index contributed by atoms with van der Waals surface area (Å²) >= 11 is 1.78. The molecule has 26 heavy (non-hydrogen) atoms. The number of hydrogen-bond acceptors (Lipinski definition) is 6. The Labute approximate surface area is 159 Å². The Bertz CT molecular complexity index is 612. The van der Waals surface area contributed by atoms with Crippen LogP contribution in [-0.4, -0.2) is 66.4 Å². The van der Waals surface area contributed by atoms with E-state index in [0.717, 1.165) is 62.0 Å². The van der Waals surface area contributed by atoms with Gasteiger partial charge in [0.2, 0.25) is 5.60 Å². The van der Waals surface area contributed by atoms with Gasteiger partial charge < -0.3 is 19.9 Å². The fourth-order valence-electron chi connectivity index (χ4n) is 3.51. The number of benzene rings is 1. The maximum Gasteiger partial charge on any atom is 0.348 e. The van der Waals surface area contributed by atoms with E-state index in [1.807, 2.05) is 18.2 Å². The summed E-state index contributed by atoms with van der Waals surface area (Å²) in [7, 11) is 1.65. The zero-order chi connectivity index (χ0) is 18.4. The summed E-state index contributed by atoms with van der Waals surface area (Å²) in [6.07, 6.45) is 2.19. The number of nitrogens with one attached hydrogen (secondary N) is 1. The Balaban J connectivity index is 1.74. The standard InChI is InChI=1S/C19H28N2O4S/c1-24-17-13-16(25-19(18(22)23)5-11-26-12-6-19)4-3-15(17)14-21-9-2-7-20-8-10-21/h3-4,13,20H,2,5-12,14H2,1H3,(H,22,23). The van der Waals surface area contributed by atoms with Crippen LogP contribution in [0.1, 0.15) is 24.8 Å². The third-order valence-corrected chi connectivity index (χ3v) is 6.07. The summed E-state index contributed by atoms with van der Waals surface area (Å²) < 4.78 is 11.6. The van der Waals surface area contributed by atoms with Crippen LogP contribution in [0.5, 0.6) is 11.5 Å². The highest BCUT2D eigenvalue weighted by Crippen LogP contribution is 2.34. The summed E-state index contributed by atoms with van der Waals surface area (Å²) in [6.45, 7) is 4.97. The number of carbonyl (C=O) groups is 1. The molecule has 7 heteroatoms. The summed E-state index contributed by atoms with van der Waals surface area (Å²) in [6, 6.07) is 5.71. The van der Waals surface area contributed by atoms with E-state index in [2.05, 4.69) is 10.2 Å². The molecule has 2 aliphatic heterocycles. The lowest BCUT2D eigenvalue weighted by Gasteiger charge is -2.33. The van der Waals surface area contributed by atoms with Crippen molar-refractivity contribution < 1.29 is 19.4 Å². The highest BCUT2D eigenvalue weighted by atomic mass is 32.2. The number of thioether (sulfide) groups is 1. The van der Waals surface area contributed by atoms with Crippen molar-refractivity contribution in [3.8, 4) is 11.5 Å². The van der Waals surface area contributed by atoms with Crippen molar-refractivity contribution >= 4 is 17.7 Å². The van der Waals surface area contributed by atoms with Gasteiger partial charge in [-0.25, -0.2) is 4.79 Å². The number of carboxylic acid groups (broad SMARTS) is 1. The third kappa shape index (κ3) is 4.64. The predicted octanol–water partition coefficient (Wildman–Crippen LogP) is 2.22. The first-order valence-electron chi connectivity index (χ1n) is 9.23. The molecule has 2 heterocycles. The number of aliphatic carboxylic acids is 1. The Morgan fingerprint density at radius 2 is 2.12 bits per heavy atom. The van der Waals surface area contributed by atoms with Crippen molar-refractivity contribution in [1.82, 2.24) is 10.2 Å². The second-order valence-electron chi connectivity index (χ2n) is 6.87. The molecule has 1 aromatic carbocycles. The molecule has 3 rings (SSSR count). The average molecular weight is 381 g/mol. The SMILES string of the molecule is COc1cc(OC2(C(=O)O)CCSCC2)ccc1CN1CCCNCC1. The Hall–Kier alpha value is -1.44. The lowest BCUT2D eigenvalue weighted by Crippen LogP contribution is -2.47. The summed E-state index contributed by atoms with van der Waals surface area (Å²) in [4.78, 5) is 14.2. The number of rotatable bonds is 6. The first kappa shape index (κ1) is 19.3. The molecule has 0 unspecified atom stereocenters. The van der Waals surface area contributed by atoms with Crippen molar-refractivity contribution in [2.75, 3.05) is 44.8 Å². The number of ether oxygens (including phenoxy) is 2. The van der Waals surface area contributed by atoms with Crippen molar-refractivity contribution in [2.45, 2.75) is 31.4 Å². The van der Waals surface area contributed by atoms with Gasteiger partial charge in [0.05, 0.1) is 7.11 Å². The molecule has 0 radical (unpaired) electrons. The highest BCUT2D eigenvalue weighted by molar-refractivity contribution is 7.99. The molecular formula is C19H28N2O4S. The number of nitrogens with zero attached hydrogens (tertiary/aromatic N) is 1. The van der Waals surface area contributed by atoms with Crippen LogP contribution < -0.4 is 14.8 Å². The van der Waals surface area contributed by atoms with E-state index in [4.69, 9.17) is 9.47 Å². The van der Waals surface area contributed by atoms with Gasteiger partial charge in [-0.1, -0.05) is 6.07 Å². The normalized spacial score (nSPS) is 21.0. The number of hydrogen-bond donors (Lipinski definition) is 2. The van der Waals surface area contributed by atoms with E-state index >= 15 is 0 Å². The van der Waals surface area contributed by atoms with E-state index < -0.39 is 11.6 Å². The molecule has 0 atom stereocenters.